The minimum Gasteiger partial charge on any atom is -0.256 e. The van der Waals surface area contributed by atoms with Crippen LogP contribution in [-0.4, -0.2) is 34.9 Å². The van der Waals surface area contributed by atoms with Crippen LogP contribution in [0.3, 0.4) is 0 Å². The quantitative estimate of drug-likeness (QED) is 0.113. The average Bonchev–Trinajstić information content (AvgIpc) is 0.744. The number of nitrogens with zero attached hydrogens (tertiary/aromatic N) is 7. The van der Waals surface area contributed by atoms with Gasteiger partial charge in [0.2, 0.25) is 0 Å². The number of benzene rings is 18. The smallest absolute Gasteiger partial charge is 0.0972 e. The fraction of sp³-hybridized carbons (Fsp3) is 0. The minimum absolute atomic E-state index is 0.929. The normalized spacial score (nSPS) is 11.4. The molecule has 0 saturated carbocycles. The molecule has 0 atom stereocenters. The third-order valence-electron chi connectivity index (χ3n) is 25.1. The van der Waals surface area contributed by atoms with Crippen LogP contribution < -0.4 is 0 Å². The number of hydrogen-bond donors (Lipinski definition) is 0. The first-order valence-electron chi connectivity index (χ1n) is 44.0. The highest BCUT2D eigenvalue weighted by Gasteiger charge is 2.20. The summed E-state index contributed by atoms with van der Waals surface area (Å²) in [5.41, 5.74) is 31.3. The molecule has 0 aliphatic carbocycles. The van der Waals surface area contributed by atoms with Crippen molar-refractivity contribution in [3.63, 3.8) is 0 Å². The van der Waals surface area contributed by atoms with Crippen LogP contribution in [0.4, 0.5) is 0 Å². The van der Waals surface area contributed by atoms with Gasteiger partial charge in [0, 0.05) is 96.0 Å². The van der Waals surface area contributed by atoms with E-state index in [1.54, 1.807) is 0 Å². The molecular weight excluding hydrogens is 1580 g/mol. The number of fused-ring (bicyclic) bond motifs is 13. The van der Waals surface area contributed by atoms with Crippen molar-refractivity contribution in [2.24, 2.45) is 0 Å². The Morgan fingerprint density at radius 2 is 0.562 bits per heavy atom. The molecule has 7 heterocycles. The monoisotopic (exact) mass is 1650 g/mol. The van der Waals surface area contributed by atoms with Gasteiger partial charge in [0.1, 0.15) is 0 Å². The van der Waals surface area contributed by atoms with Crippen LogP contribution in [-0.2, 0) is 0 Å². The summed E-state index contributed by atoms with van der Waals surface area (Å²) in [4.78, 5) is 34.4. The fourth-order valence-corrected chi connectivity index (χ4v) is 18.4. The van der Waals surface area contributed by atoms with Crippen molar-refractivity contribution in [2.45, 2.75) is 0 Å². The molecule has 606 valence electrons. The van der Waals surface area contributed by atoms with E-state index in [9.17, 15) is 0 Å². The van der Waals surface area contributed by atoms with Gasteiger partial charge in [-0.1, -0.05) is 352 Å². The summed E-state index contributed by atoms with van der Waals surface area (Å²) >= 11 is 0. The summed E-state index contributed by atoms with van der Waals surface area (Å²) in [6.07, 6.45) is 7.54. The third kappa shape index (κ3) is 15.3. The summed E-state index contributed by atoms with van der Waals surface area (Å²) in [7, 11) is 0. The molecule has 25 rings (SSSR count). The Labute approximate surface area is 752 Å². The van der Waals surface area contributed by atoms with Gasteiger partial charge in [-0.2, -0.15) is 0 Å². The van der Waals surface area contributed by atoms with Gasteiger partial charge in [-0.15, -0.1) is 0 Å². The average molecular weight is 1660 g/mol. The van der Waals surface area contributed by atoms with Crippen molar-refractivity contribution in [3.8, 4) is 134 Å². The lowest BCUT2D eigenvalue weighted by molar-refractivity contribution is 1.32. The first-order chi connectivity index (χ1) is 64.4. The molecule has 0 N–H and O–H groups in total. The van der Waals surface area contributed by atoms with Gasteiger partial charge in [0.25, 0.3) is 0 Å². The van der Waals surface area contributed by atoms with Gasteiger partial charge in [-0.25, -0.2) is 15.0 Å². The van der Waals surface area contributed by atoms with Crippen molar-refractivity contribution in [3.05, 3.63) is 480 Å². The molecule has 0 fully saturated rings. The summed E-state index contributed by atoms with van der Waals surface area (Å²) in [6, 6.07) is 161. The second-order valence-corrected chi connectivity index (χ2v) is 33.1. The van der Waals surface area contributed by atoms with Crippen molar-refractivity contribution in [1.82, 2.24) is 34.9 Å². The van der Waals surface area contributed by atoms with Crippen molar-refractivity contribution >= 4 is 108 Å². The van der Waals surface area contributed by atoms with Crippen LogP contribution in [0.2, 0.25) is 0 Å². The Morgan fingerprint density at radius 3 is 1.25 bits per heavy atom. The SMILES string of the molecule is c1ccc(-c2ccc(-c3cc(-c4cc(-c5ccccc5)nc(-c5ccccc5)c4)cc(-c4cc5ccccc5c5ccccc45)c3)nc2)cc1.c1ccc(-c2ccc3c(-c4ccc(-c5cccc6cccnc56)cc4)cc(-c4ccc5ccccc5c4)nc3c2)cc1.c1cnc2c(c1)ccc1ccc(-c3ccc4ccc(-c5ccc6ccc7cccnc7c6n5)cc4c3)cc12. The molecule has 18 aromatic carbocycles. The summed E-state index contributed by atoms with van der Waals surface area (Å²) < 4.78 is 0. The van der Waals surface area contributed by atoms with Crippen molar-refractivity contribution in [2.75, 3.05) is 0 Å². The van der Waals surface area contributed by atoms with E-state index < -0.39 is 0 Å². The molecule has 0 radical (unpaired) electrons. The fourth-order valence-electron chi connectivity index (χ4n) is 18.4. The summed E-state index contributed by atoms with van der Waals surface area (Å²) in [5, 5.41) is 17.8. The number of pyridine rings is 7. The van der Waals surface area contributed by atoms with Crippen molar-refractivity contribution < 1.29 is 0 Å². The second kappa shape index (κ2) is 33.9. The number of para-hydroxylation sites is 1. The summed E-state index contributed by atoms with van der Waals surface area (Å²) in [5.74, 6) is 0. The van der Waals surface area contributed by atoms with E-state index in [1.807, 2.05) is 61.2 Å². The molecule has 0 amide bonds. The number of hydrogen-bond acceptors (Lipinski definition) is 7. The maximum atomic E-state index is 5.22. The highest BCUT2D eigenvalue weighted by Crippen LogP contribution is 2.44. The van der Waals surface area contributed by atoms with E-state index in [-0.39, 0.29) is 0 Å². The van der Waals surface area contributed by atoms with E-state index >= 15 is 0 Å². The zero-order valence-corrected chi connectivity index (χ0v) is 70.7. The van der Waals surface area contributed by atoms with Crippen LogP contribution in [0, 0.1) is 0 Å². The maximum absolute atomic E-state index is 5.22. The molecule has 7 aromatic heterocycles. The zero-order chi connectivity index (χ0) is 86.2. The highest BCUT2D eigenvalue weighted by atomic mass is 14.8. The molecule has 7 heteroatoms. The standard InChI is InChI=1S/C48H32N2.C40H26N2.C35H21N3/c1-4-14-33(15-5-1)37-24-25-46(49-32-37)41-27-38(26-40(28-41)45-29-36-20-10-11-21-42(36)43-22-12-13-23-44(43)45)39-30-47(34-16-6-2-7-17-34)50-48(31-39)35-18-8-3-9-19-35;1-2-8-27(9-3-1)33-21-22-36-37(26-38(42-39(36)25-33)34-20-15-28-10-4-5-11-32(28)24-34)30-18-16-29(17-19-30)35-14-6-12-31-13-7-23-41-40(31)35;1-3-24-9-7-23-8-13-28(21-31(23)33(24)36-17-1)27-12-5-22-6-14-29(20-30(22)19-27)32-16-15-26-11-10-25-4-2-18-37-34(25)35(26)38-32/h1-32H;1-26H;1-21H. The molecule has 0 saturated heterocycles. The van der Waals surface area contributed by atoms with Crippen LogP contribution in [0.25, 0.3) is 243 Å². The van der Waals surface area contributed by atoms with Crippen molar-refractivity contribution in [1.29, 1.82) is 0 Å². The van der Waals surface area contributed by atoms with E-state index in [0.717, 1.165) is 161 Å². The first kappa shape index (κ1) is 77.4. The van der Waals surface area contributed by atoms with Gasteiger partial charge >= 0.3 is 0 Å². The van der Waals surface area contributed by atoms with Crippen LogP contribution in [0.15, 0.2) is 480 Å². The zero-order valence-electron chi connectivity index (χ0n) is 70.7. The Bertz CT molecular complexity index is 8430. The molecule has 7 nitrogen and oxygen atoms in total. The van der Waals surface area contributed by atoms with Crippen LogP contribution in [0.5, 0.6) is 0 Å². The van der Waals surface area contributed by atoms with E-state index in [4.69, 9.17) is 19.9 Å². The van der Waals surface area contributed by atoms with Gasteiger partial charge in [-0.05, 0) is 218 Å². The van der Waals surface area contributed by atoms with E-state index in [2.05, 4.69) is 434 Å². The second-order valence-electron chi connectivity index (χ2n) is 33.1. The number of rotatable bonds is 12. The lowest BCUT2D eigenvalue weighted by Crippen LogP contribution is -1.93. The first-order valence-corrected chi connectivity index (χ1v) is 44.0. The topological polar surface area (TPSA) is 90.2 Å². The minimum atomic E-state index is 0.929. The third-order valence-corrected chi connectivity index (χ3v) is 25.1. The molecular formula is C123H79N7. The van der Waals surface area contributed by atoms with Gasteiger partial charge in [-0.3, -0.25) is 19.9 Å². The lowest BCUT2D eigenvalue weighted by atomic mass is 9.89. The molecule has 25 aromatic rings. The predicted molar refractivity (Wildman–Crippen MR) is 544 cm³/mol. The molecule has 0 bridgehead atoms. The molecule has 130 heavy (non-hydrogen) atoms. The molecule has 0 aliphatic rings. The molecule has 0 spiro atoms. The lowest BCUT2D eigenvalue weighted by Gasteiger charge is -2.16. The van der Waals surface area contributed by atoms with Gasteiger partial charge < -0.3 is 0 Å². The van der Waals surface area contributed by atoms with Crippen LogP contribution >= 0.6 is 0 Å². The van der Waals surface area contributed by atoms with E-state index in [1.165, 1.54) is 81.7 Å². The number of aromatic nitrogens is 7. The maximum Gasteiger partial charge on any atom is 0.0972 e. The van der Waals surface area contributed by atoms with Crippen LogP contribution in [0.1, 0.15) is 0 Å². The Morgan fingerprint density at radius 1 is 0.131 bits per heavy atom. The Kier molecular flexibility index (Phi) is 20.2. The van der Waals surface area contributed by atoms with E-state index in [0.29, 0.717) is 0 Å². The molecule has 0 unspecified atom stereocenters. The van der Waals surface area contributed by atoms with Gasteiger partial charge in [0.15, 0.2) is 0 Å². The Balaban J connectivity index is 0.000000112. The largest absolute Gasteiger partial charge is 0.256 e. The molecule has 0 aliphatic heterocycles. The Hall–Kier alpha value is -17.4. The van der Waals surface area contributed by atoms with Gasteiger partial charge in [0.05, 0.1) is 56.1 Å². The summed E-state index contributed by atoms with van der Waals surface area (Å²) in [6.45, 7) is 0. The predicted octanol–water partition coefficient (Wildman–Crippen LogP) is 32.4. The highest BCUT2D eigenvalue weighted by molar-refractivity contribution is 6.15.